The van der Waals surface area contributed by atoms with Crippen LogP contribution in [0.4, 0.5) is 16.2 Å². The Labute approximate surface area is 156 Å². The van der Waals surface area contributed by atoms with Crippen molar-refractivity contribution in [2.75, 3.05) is 31.0 Å². The van der Waals surface area contributed by atoms with Gasteiger partial charge in [-0.25, -0.2) is 4.79 Å². The molecule has 2 aromatic carbocycles. The van der Waals surface area contributed by atoms with Crippen molar-refractivity contribution in [2.45, 2.75) is 6.92 Å². The van der Waals surface area contributed by atoms with E-state index >= 15 is 0 Å². The van der Waals surface area contributed by atoms with Gasteiger partial charge in [-0.1, -0.05) is 0 Å². The van der Waals surface area contributed by atoms with Gasteiger partial charge in [0.25, 0.3) is 0 Å². The lowest BCUT2D eigenvalue weighted by atomic mass is 10.2. The van der Waals surface area contributed by atoms with Gasteiger partial charge in [0.15, 0.2) is 0 Å². The molecule has 1 heterocycles. The van der Waals surface area contributed by atoms with Crippen LogP contribution in [0.2, 0.25) is 0 Å². The number of hydrogen-bond acceptors (Lipinski definition) is 6. The highest BCUT2D eigenvalue weighted by atomic mass is 16.5. The van der Waals surface area contributed by atoms with E-state index in [0.29, 0.717) is 23.7 Å². The van der Waals surface area contributed by atoms with Crippen molar-refractivity contribution >= 4 is 17.4 Å². The molecule has 0 saturated heterocycles. The number of nitrogens with zero attached hydrogens (tertiary/aromatic N) is 5. The minimum absolute atomic E-state index is 0.285. The molecule has 2 amide bonds. The van der Waals surface area contributed by atoms with E-state index in [9.17, 15) is 4.79 Å². The standard InChI is InChI=1S/C18H20N6O3/c1-4-27-15-8-6-14(7-9-15)23(2)18(25)20-13-5-10-17(26-3)16(11-13)24-12-19-21-22-24/h5-12H,4H2,1-3H3,(H,20,25). The van der Waals surface area contributed by atoms with E-state index in [-0.39, 0.29) is 6.03 Å². The number of tetrazole rings is 1. The highest BCUT2D eigenvalue weighted by Gasteiger charge is 2.14. The maximum absolute atomic E-state index is 12.6. The minimum Gasteiger partial charge on any atom is -0.494 e. The van der Waals surface area contributed by atoms with E-state index in [4.69, 9.17) is 9.47 Å². The first-order valence-electron chi connectivity index (χ1n) is 8.31. The van der Waals surface area contributed by atoms with Crippen molar-refractivity contribution < 1.29 is 14.3 Å². The van der Waals surface area contributed by atoms with Crippen molar-refractivity contribution in [2.24, 2.45) is 0 Å². The summed E-state index contributed by atoms with van der Waals surface area (Å²) in [5.74, 6) is 1.34. The Balaban J connectivity index is 1.76. The normalized spacial score (nSPS) is 10.3. The van der Waals surface area contributed by atoms with Crippen LogP contribution in [0.5, 0.6) is 11.5 Å². The first kappa shape index (κ1) is 18.2. The van der Waals surface area contributed by atoms with Crippen LogP contribution in [0.1, 0.15) is 6.92 Å². The van der Waals surface area contributed by atoms with Gasteiger partial charge < -0.3 is 14.8 Å². The van der Waals surface area contributed by atoms with Crippen LogP contribution >= 0.6 is 0 Å². The fourth-order valence-corrected chi connectivity index (χ4v) is 2.48. The predicted octanol–water partition coefficient (Wildman–Crippen LogP) is 2.74. The summed E-state index contributed by atoms with van der Waals surface area (Å²) in [7, 11) is 3.25. The Kier molecular flexibility index (Phi) is 5.50. The number of nitrogens with one attached hydrogen (secondary N) is 1. The van der Waals surface area contributed by atoms with E-state index in [1.54, 1.807) is 32.4 Å². The number of carbonyl (C=O) groups is 1. The van der Waals surface area contributed by atoms with Gasteiger partial charge in [-0.15, -0.1) is 5.10 Å². The van der Waals surface area contributed by atoms with Crippen LogP contribution in [-0.4, -0.2) is 47.0 Å². The molecule has 3 rings (SSSR count). The number of carbonyl (C=O) groups excluding carboxylic acids is 1. The average molecular weight is 368 g/mol. The molecule has 3 aromatic rings. The van der Waals surface area contributed by atoms with Crippen LogP contribution in [-0.2, 0) is 0 Å². The van der Waals surface area contributed by atoms with Crippen LogP contribution in [0.3, 0.4) is 0 Å². The summed E-state index contributed by atoms with van der Waals surface area (Å²) in [6.45, 7) is 2.52. The van der Waals surface area contributed by atoms with Crippen LogP contribution < -0.4 is 19.7 Å². The molecular weight excluding hydrogens is 348 g/mol. The summed E-state index contributed by atoms with van der Waals surface area (Å²) < 4.78 is 12.2. The van der Waals surface area contributed by atoms with E-state index in [1.165, 1.54) is 15.9 Å². The third-order valence-electron chi connectivity index (χ3n) is 3.87. The topological polar surface area (TPSA) is 94.4 Å². The smallest absolute Gasteiger partial charge is 0.326 e. The molecular formula is C18H20N6O3. The Morgan fingerprint density at radius 3 is 2.63 bits per heavy atom. The van der Waals surface area contributed by atoms with Gasteiger partial charge >= 0.3 is 6.03 Å². The fourth-order valence-electron chi connectivity index (χ4n) is 2.48. The van der Waals surface area contributed by atoms with Crippen LogP contribution in [0.25, 0.3) is 5.69 Å². The number of aromatic nitrogens is 4. The first-order chi connectivity index (χ1) is 13.1. The van der Waals surface area contributed by atoms with E-state index in [1.807, 2.05) is 31.2 Å². The molecule has 1 aromatic heterocycles. The summed E-state index contributed by atoms with van der Waals surface area (Å²) in [5, 5.41) is 14.0. The Bertz CT molecular complexity index is 896. The molecule has 0 aliphatic rings. The Morgan fingerprint density at radius 1 is 1.22 bits per heavy atom. The SMILES string of the molecule is CCOc1ccc(N(C)C(=O)Nc2ccc(OC)c(-n3cnnn3)c2)cc1. The lowest BCUT2D eigenvalue weighted by Gasteiger charge is -2.19. The molecule has 0 fully saturated rings. The van der Waals surface area contributed by atoms with E-state index < -0.39 is 0 Å². The fraction of sp³-hybridized carbons (Fsp3) is 0.222. The summed E-state index contributed by atoms with van der Waals surface area (Å²) in [6.07, 6.45) is 1.45. The van der Waals surface area contributed by atoms with Gasteiger partial charge in [0.2, 0.25) is 0 Å². The minimum atomic E-state index is -0.285. The van der Waals surface area contributed by atoms with Crippen LogP contribution in [0.15, 0.2) is 48.8 Å². The number of hydrogen-bond donors (Lipinski definition) is 1. The second kappa shape index (κ2) is 8.17. The quantitative estimate of drug-likeness (QED) is 0.719. The summed E-state index contributed by atoms with van der Waals surface area (Å²) in [5.41, 5.74) is 1.94. The van der Waals surface area contributed by atoms with Gasteiger partial charge in [0.05, 0.1) is 13.7 Å². The molecule has 0 unspecified atom stereocenters. The number of ether oxygens (including phenoxy) is 2. The number of methoxy groups -OCH3 is 1. The second-order valence-corrected chi connectivity index (χ2v) is 5.56. The molecule has 27 heavy (non-hydrogen) atoms. The summed E-state index contributed by atoms with van der Waals surface area (Å²) in [6, 6.07) is 12.2. The maximum atomic E-state index is 12.6. The molecule has 9 nitrogen and oxygen atoms in total. The molecule has 0 bridgehead atoms. The third kappa shape index (κ3) is 4.14. The zero-order chi connectivity index (χ0) is 19.2. The lowest BCUT2D eigenvalue weighted by Crippen LogP contribution is -2.31. The Hall–Kier alpha value is -3.62. The lowest BCUT2D eigenvalue weighted by molar-refractivity contribution is 0.258. The molecule has 1 N–H and O–H groups in total. The molecule has 0 saturated carbocycles. The molecule has 0 atom stereocenters. The number of anilines is 2. The zero-order valence-corrected chi connectivity index (χ0v) is 15.3. The van der Waals surface area contributed by atoms with Crippen molar-refractivity contribution in [1.29, 1.82) is 0 Å². The average Bonchev–Trinajstić information content (AvgIpc) is 3.23. The van der Waals surface area contributed by atoms with Crippen LogP contribution in [0, 0.1) is 0 Å². The van der Waals surface area contributed by atoms with E-state index in [2.05, 4.69) is 20.8 Å². The van der Waals surface area contributed by atoms with Crippen molar-refractivity contribution in [1.82, 2.24) is 20.2 Å². The number of benzene rings is 2. The second-order valence-electron chi connectivity index (χ2n) is 5.56. The monoisotopic (exact) mass is 368 g/mol. The van der Waals surface area contributed by atoms with Crippen molar-refractivity contribution in [3.63, 3.8) is 0 Å². The molecule has 0 radical (unpaired) electrons. The third-order valence-corrected chi connectivity index (χ3v) is 3.87. The highest BCUT2D eigenvalue weighted by molar-refractivity contribution is 6.01. The molecule has 0 aliphatic heterocycles. The molecule has 140 valence electrons. The number of amides is 2. The number of rotatable bonds is 6. The predicted molar refractivity (Wildman–Crippen MR) is 101 cm³/mol. The van der Waals surface area contributed by atoms with E-state index in [0.717, 1.165) is 11.4 Å². The first-order valence-corrected chi connectivity index (χ1v) is 8.31. The number of urea groups is 1. The van der Waals surface area contributed by atoms with Crippen molar-refractivity contribution in [3.05, 3.63) is 48.8 Å². The van der Waals surface area contributed by atoms with Gasteiger partial charge in [-0.2, -0.15) is 4.68 Å². The van der Waals surface area contributed by atoms with Crippen molar-refractivity contribution in [3.8, 4) is 17.2 Å². The largest absolute Gasteiger partial charge is 0.494 e. The van der Waals surface area contributed by atoms with Gasteiger partial charge in [-0.3, -0.25) is 4.90 Å². The summed E-state index contributed by atoms with van der Waals surface area (Å²) in [4.78, 5) is 14.1. The Morgan fingerprint density at radius 2 is 2.00 bits per heavy atom. The zero-order valence-electron chi connectivity index (χ0n) is 15.3. The van der Waals surface area contributed by atoms with Gasteiger partial charge in [-0.05, 0) is 59.8 Å². The molecule has 9 heteroatoms. The highest BCUT2D eigenvalue weighted by Crippen LogP contribution is 2.26. The van der Waals surface area contributed by atoms with Gasteiger partial charge in [0, 0.05) is 18.4 Å². The molecule has 0 spiro atoms. The molecule has 0 aliphatic carbocycles. The van der Waals surface area contributed by atoms with Gasteiger partial charge in [0.1, 0.15) is 23.5 Å². The maximum Gasteiger partial charge on any atom is 0.326 e. The summed E-state index contributed by atoms with van der Waals surface area (Å²) >= 11 is 0.